The molecule has 2 aromatic heterocycles. The van der Waals surface area contributed by atoms with E-state index < -0.39 is 5.82 Å². The molecule has 0 radical (unpaired) electrons. The van der Waals surface area contributed by atoms with Gasteiger partial charge in [0.1, 0.15) is 17.4 Å². The quantitative estimate of drug-likeness (QED) is 0.264. The van der Waals surface area contributed by atoms with Crippen molar-refractivity contribution in [3.63, 3.8) is 0 Å². The fourth-order valence-electron chi connectivity index (χ4n) is 5.30. The van der Waals surface area contributed by atoms with Crippen LogP contribution in [0.4, 0.5) is 10.1 Å². The molecule has 1 saturated carbocycles. The van der Waals surface area contributed by atoms with Crippen molar-refractivity contribution in [3.8, 4) is 28.2 Å². The summed E-state index contributed by atoms with van der Waals surface area (Å²) in [6, 6.07) is 12.1. The molecule has 39 heavy (non-hydrogen) atoms. The van der Waals surface area contributed by atoms with E-state index in [0.29, 0.717) is 46.6 Å². The Labute approximate surface area is 226 Å². The normalized spacial score (nSPS) is 17.7. The molecule has 1 aliphatic carbocycles. The van der Waals surface area contributed by atoms with E-state index in [4.69, 9.17) is 20.5 Å². The highest BCUT2D eigenvalue weighted by Gasteiger charge is 2.48. The number of carbonyl (C=O) groups excluding carboxylic acids is 1. The Morgan fingerprint density at radius 3 is 2.72 bits per heavy atom. The van der Waals surface area contributed by atoms with Crippen molar-refractivity contribution >= 4 is 22.7 Å². The number of hydrogen-bond acceptors (Lipinski definition) is 5. The van der Waals surface area contributed by atoms with Crippen LogP contribution in [0.25, 0.3) is 38.4 Å². The Balaban J connectivity index is 1.34. The Bertz CT molecular complexity index is 1650. The maximum Gasteiger partial charge on any atom is 0.253 e. The van der Waals surface area contributed by atoms with Gasteiger partial charge in [-0.1, -0.05) is 6.07 Å². The van der Waals surface area contributed by atoms with E-state index in [1.165, 1.54) is 11.0 Å². The van der Waals surface area contributed by atoms with Gasteiger partial charge in [0.25, 0.3) is 5.91 Å². The summed E-state index contributed by atoms with van der Waals surface area (Å²) in [4.78, 5) is 21.9. The number of ether oxygens (including phenoxy) is 2. The van der Waals surface area contributed by atoms with Gasteiger partial charge >= 0.3 is 0 Å². The molecule has 4 aromatic rings. The first kappa shape index (κ1) is 25.1. The summed E-state index contributed by atoms with van der Waals surface area (Å²) >= 11 is 0. The third-order valence-corrected chi connectivity index (χ3v) is 7.55. The molecule has 2 aromatic carbocycles. The number of nitrogens with zero attached hydrogens (tertiary/aromatic N) is 3. The van der Waals surface area contributed by atoms with Gasteiger partial charge in [0.05, 0.1) is 18.8 Å². The zero-order valence-corrected chi connectivity index (χ0v) is 22.1. The summed E-state index contributed by atoms with van der Waals surface area (Å²) in [5.74, 6) is -0.0776. The third-order valence-electron chi connectivity index (χ3n) is 7.55. The Hall–Kier alpha value is -4.22. The first-order chi connectivity index (χ1) is 18.8. The Morgan fingerprint density at radius 1 is 1.18 bits per heavy atom. The maximum absolute atomic E-state index is 15.5. The van der Waals surface area contributed by atoms with Crippen molar-refractivity contribution in [2.75, 3.05) is 20.7 Å². The molecule has 1 aliphatic heterocycles. The van der Waals surface area contributed by atoms with Crippen molar-refractivity contribution in [2.45, 2.75) is 44.3 Å². The van der Waals surface area contributed by atoms with E-state index in [0.717, 1.165) is 30.4 Å². The molecule has 1 amide bonds. The standard InChI is InChI=1S/C31H28FN3O4/c1-18-13-19(30(36)35(3)4)5-6-22(18)27-16-26-28(39-27)23(7-11-34-26)20-14-24(32)29(25(15-20)33-2)38-21-8-12-37-31(17-21)9-10-31/h5-7,11,13-16,21H,8-10,12,17H2,1,3-4H3. The minimum Gasteiger partial charge on any atom is -0.498 e. The second kappa shape index (κ2) is 9.51. The number of amides is 1. The van der Waals surface area contributed by atoms with Gasteiger partial charge in [0.2, 0.25) is 5.69 Å². The van der Waals surface area contributed by atoms with Crippen LogP contribution >= 0.6 is 0 Å². The Kier molecular flexibility index (Phi) is 6.12. The predicted molar refractivity (Wildman–Crippen MR) is 145 cm³/mol. The van der Waals surface area contributed by atoms with Crippen LogP contribution in [0, 0.1) is 19.3 Å². The van der Waals surface area contributed by atoms with Crippen molar-refractivity contribution in [1.29, 1.82) is 0 Å². The highest BCUT2D eigenvalue weighted by atomic mass is 19.1. The zero-order chi connectivity index (χ0) is 27.3. The van der Waals surface area contributed by atoms with E-state index in [2.05, 4.69) is 9.83 Å². The average molecular weight is 526 g/mol. The summed E-state index contributed by atoms with van der Waals surface area (Å²) in [6.45, 7) is 10.2. The Morgan fingerprint density at radius 2 is 2.00 bits per heavy atom. The van der Waals surface area contributed by atoms with Gasteiger partial charge in [-0.15, -0.1) is 0 Å². The van der Waals surface area contributed by atoms with Gasteiger partial charge in [-0.3, -0.25) is 9.78 Å². The van der Waals surface area contributed by atoms with Crippen molar-refractivity contribution in [2.24, 2.45) is 0 Å². The SMILES string of the molecule is [C-]#[N+]c1cc(-c2ccnc3cc(-c4ccc(C(=O)N(C)C)cc4C)oc23)cc(F)c1OC1CCOC2(CC2)C1. The number of furan rings is 1. The van der Waals surface area contributed by atoms with E-state index in [1.807, 2.05) is 25.1 Å². The number of halogens is 1. The first-order valence-electron chi connectivity index (χ1n) is 13.0. The van der Waals surface area contributed by atoms with E-state index in [9.17, 15) is 4.79 Å². The summed E-state index contributed by atoms with van der Waals surface area (Å²) in [7, 11) is 3.43. The van der Waals surface area contributed by atoms with Crippen LogP contribution in [-0.4, -0.2) is 48.2 Å². The number of carbonyl (C=O) groups is 1. The molecule has 1 spiro atoms. The lowest BCUT2D eigenvalue weighted by molar-refractivity contribution is -0.0518. The van der Waals surface area contributed by atoms with Crippen LogP contribution in [-0.2, 0) is 4.74 Å². The number of fused-ring (bicyclic) bond motifs is 1. The minimum absolute atomic E-state index is 0.00938. The summed E-state index contributed by atoms with van der Waals surface area (Å²) in [5.41, 5.74) is 4.54. The van der Waals surface area contributed by atoms with Gasteiger partial charge in [0, 0.05) is 55.9 Å². The van der Waals surface area contributed by atoms with Crippen molar-refractivity contribution in [1.82, 2.24) is 9.88 Å². The molecule has 2 fully saturated rings. The molecule has 198 valence electrons. The second-order valence-corrected chi connectivity index (χ2v) is 10.6. The zero-order valence-electron chi connectivity index (χ0n) is 22.1. The van der Waals surface area contributed by atoms with Crippen LogP contribution < -0.4 is 4.74 Å². The van der Waals surface area contributed by atoms with Crippen LogP contribution in [0.15, 0.2) is 53.1 Å². The number of aryl methyl sites for hydroxylation is 1. The molecular formula is C31H28FN3O4. The second-order valence-electron chi connectivity index (χ2n) is 10.6. The van der Waals surface area contributed by atoms with Gasteiger partial charge in [-0.25, -0.2) is 9.24 Å². The summed E-state index contributed by atoms with van der Waals surface area (Å²) in [5, 5.41) is 0. The minimum atomic E-state index is -0.580. The van der Waals surface area contributed by atoms with Gasteiger partial charge < -0.3 is 18.8 Å². The maximum atomic E-state index is 15.5. The third kappa shape index (κ3) is 4.64. The summed E-state index contributed by atoms with van der Waals surface area (Å²) in [6.07, 6.45) is 4.86. The topological polar surface area (TPSA) is 69.2 Å². The number of aromatic nitrogens is 1. The van der Waals surface area contributed by atoms with E-state index in [-0.39, 0.29) is 29.0 Å². The van der Waals surface area contributed by atoms with E-state index >= 15 is 4.39 Å². The number of benzene rings is 2. The lowest BCUT2D eigenvalue weighted by Crippen LogP contribution is -2.34. The van der Waals surface area contributed by atoms with Crippen molar-refractivity contribution < 1.29 is 23.1 Å². The van der Waals surface area contributed by atoms with Crippen LogP contribution in [0.1, 0.15) is 41.6 Å². The molecule has 1 atom stereocenters. The fourth-order valence-corrected chi connectivity index (χ4v) is 5.30. The molecular weight excluding hydrogens is 497 g/mol. The molecule has 1 unspecified atom stereocenters. The molecule has 7 nitrogen and oxygen atoms in total. The largest absolute Gasteiger partial charge is 0.498 e. The van der Waals surface area contributed by atoms with Crippen LogP contribution in [0.3, 0.4) is 0 Å². The molecule has 3 heterocycles. The van der Waals surface area contributed by atoms with Crippen molar-refractivity contribution in [3.05, 3.63) is 77.0 Å². The first-order valence-corrected chi connectivity index (χ1v) is 13.0. The molecule has 6 rings (SSSR count). The molecule has 2 aliphatic rings. The molecule has 1 saturated heterocycles. The van der Waals surface area contributed by atoms with Gasteiger partial charge in [0.15, 0.2) is 17.1 Å². The molecule has 0 N–H and O–H groups in total. The molecule has 8 heteroatoms. The predicted octanol–water partition coefficient (Wildman–Crippen LogP) is 6.95. The lowest BCUT2D eigenvalue weighted by atomic mass is 10.0. The fraction of sp³-hybridized carbons (Fsp3) is 0.323. The number of hydrogen-bond donors (Lipinski definition) is 0. The lowest BCUT2D eigenvalue weighted by Gasteiger charge is -2.30. The monoisotopic (exact) mass is 525 g/mol. The average Bonchev–Trinajstić information content (AvgIpc) is 3.51. The van der Waals surface area contributed by atoms with Gasteiger partial charge in [-0.2, -0.15) is 0 Å². The highest BCUT2D eigenvalue weighted by molar-refractivity contribution is 5.96. The summed E-state index contributed by atoms with van der Waals surface area (Å²) < 4.78 is 33.6. The van der Waals surface area contributed by atoms with Crippen LogP contribution in [0.2, 0.25) is 0 Å². The van der Waals surface area contributed by atoms with E-state index in [1.54, 1.807) is 38.5 Å². The number of rotatable bonds is 5. The highest BCUT2D eigenvalue weighted by Crippen LogP contribution is 2.48. The molecule has 0 bridgehead atoms. The number of pyridine rings is 1. The van der Waals surface area contributed by atoms with Crippen LogP contribution in [0.5, 0.6) is 5.75 Å². The smallest absolute Gasteiger partial charge is 0.253 e. The van der Waals surface area contributed by atoms with Gasteiger partial charge in [-0.05, 0) is 61.2 Å².